The molecule has 1 aliphatic rings. The molecule has 1 fully saturated rings. The van der Waals surface area contributed by atoms with E-state index in [2.05, 4.69) is 32.5 Å². The highest BCUT2D eigenvalue weighted by Crippen LogP contribution is 2.30. The molecule has 6 heteroatoms. The Hall–Kier alpha value is -1.10. The zero-order valence-corrected chi connectivity index (χ0v) is 11.7. The van der Waals surface area contributed by atoms with Gasteiger partial charge in [0, 0.05) is 12.1 Å². The summed E-state index contributed by atoms with van der Waals surface area (Å²) in [5.74, 6) is 1.09. The Labute approximate surface area is 113 Å². The van der Waals surface area contributed by atoms with Crippen LogP contribution in [0.1, 0.15) is 46.0 Å². The summed E-state index contributed by atoms with van der Waals surface area (Å²) in [6.45, 7) is 4.97. The van der Waals surface area contributed by atoms with Crippen molar-refractivity contribution in [2.24, 2.45) is 0 Å². The number of halogens is 1. The molecule has 1 aromatic rings. The minimum absolute atomic E-state index is 0.0758. The largest absolute Gasteiger partial charge is 0.354 e. The zero-order chi connectivity index (χ0) is 13.0. The Morgan fingerprint density at radius 1 is 1.11 bits per heavy atom. The molecule has 0 bridgehead atoms. The lowest BCUT2D eigenvalue weighted by atomic mass is 9.83. The molecule has 5 nitrogen and oxygen atoms in total. The number of nitrogens with one attached hydrogen (secondary N) is 2. The highest BCUT2D eigenvalue weighted by Gasteiger charge is 2.27. The van der Waals surface area contributed by atoms with Crippen LogP contribution in [0.4, 0.5) is 11.9 Å². The molecule has 1 saturated carbocycles. The van der Waals surface area contributed by atoms with Crippen molar-refractivity contribution in [3.8, 4) is 0 Å². The van der Waals surface area contributed by atoms with Crippen LogP contribution in [0, 0.1) is 0 Å². The zero-order valence-electron chi connectivity index (χ0n) is 11.0. The van der Waals surface area contributed by atoms with Crippen molar-refractivity contribution in [2.75, 3.05) is 17.2 Å². The van der Waals surface area contributed by atoms with Crippen molar-refractivity contribution >= 4 is 23.5 Å². The van der Waals surface area contributed by atoms with Crippen LogP contribution >= 0.6 is 11.6 Å². The maximum atomic E-state index is 5.91. The van der Waals surface area contributed by atoms with Gasteiger partial charge < -0.3 is 10.6 Å². The van der Waals surface area contributed by atoms with Crippen molar-refractivity contribution in [3.05, 3.63) is 5.28 Å². The molecule has 0 radical (unpaired) electrons. The van der Waals surface area contributed by atoms with Crippen LogP contribution in [-0.2, 0) is 0 Å². The van der Waals surface area contributed by atoms with Gasteiger partial charge in [0.1, 0.15) is 0 Å². The number of rotatable bonds is 4. The van der Waals surface area contributed by atoms with E-state index in [1.54, 1.807) is 0 Å². The molecule has 1 aromatic heterocycles. The lowest BCUT2D eigenvalue weighted by Gasteiger charge is -2.34. The maximum absolute atomic E-state index is 5.91. The van der Waals surface area contributed by atoms with Gasteiger partial charge in [-0.25, -0.2) is 0 Å². The summed E-state index contributed by atoms with van der Waals surface area (Å²) in [4.78, 5) is 12.5. The SMILES string of the molecule is CCNc1nc(Cl)nc(NC2(C)CCCCC2)n1. The van der Waals surface area contributed by atoms with E-state index in [-0.39, 0.29) is 10.8 Å². The minimum atomic E-state index is 0.0758. The normalized spacial score (nSPS) is 18.4. The molecule has 1 heterocycles. The predicted molar refractivity (Wildman–Crippen MR) is 74.1 cm³/mol. The van der Waals surface area contributed by atoms with Crippen molar-refractivity contribution in [1.29, 1.82) is 0 Å². The van der Waals surface area contributed by atoms with E-state index in [0.717, 1.165) is 19.4 Å². The number of nitrogens with zero attached hydrogens (tertiary/aromatic N) is 3. The van der Waals surface area contributed by atoms with E-state index in [1.807, 2.05) is 6.92 Å². The Kier molecular flexibility index (Phi) is 4.22. The van der Waals surface area contributed by atoms with Crippen molar-refractivity contribution < 1.29 is 0 Å². The topological polar surface area (TPSA) is 62.7 Å². The van der Waals surface area contributed by atoms with Gasteiger partial charge in [-0.2, -0.15) is 15.0 Å². The summed E-state index contributed by atoms with van der Waals surface area (Å²) in [6, 6.07) is 0. The second kappa shape index (κ2) is 5.69. The van der Waals surface area contributed by atoms with E-state index in [9.17, 15) is 0 Å². The van der Waals surface area contributed by atoms with E-state index >= 15 is 0 Å². The van der Waals surface area contributed by atoms with Crippen LogP contribution in [0.25, 0.3) is 0 Å². The van der Waals surface area contributed by atoms with Crippen LogP contribution in [0.3, 0.4) is 0 Å². The van der Waals surface area contributed by atoms with Gasteiger partial charge in [-0.3, -0.25) is 0 Å². The van der Waals surface area contributed by atoms with Crippen molar-refractivity contribution in [3.63, 3.8) is 0 Å². The predicted octanol–water partition coefficient (Wildman–Crippen LogP) is 3.09. The summed E-state index contributed by atoms with van der Waals surface area (Å²) in [5.41, 5.74) is 0.0758. The van der Waals surface area contributed by atoms with Gasteiger partial charge in [-0.1, -0.05) is 19.3 Å². The lowest BCUT2D eigenvalue weighted by Crippen LogP contribution is -2.37. The fourth-order valence-corrected chi connectivity index (χ4v) is 2.53. The second-order valence-corrected chi connectivity index (χ2v) is 5.37. The molecule has 0 saturated heterocycles. The van der Waals surface area contributed by atoms with Gasteiger partial charge in [0.05, 0.1) is 0 Å². The molecule has 0 aliphatic heterocycles. The average Bonchev–Trinajstić information content (AvgIpc) is 2.28. The summed E-state index contributed by atoms with van der Waals surface area (Å²) in [7, 11) is 0. The van der Waals surface area contributed by atoms with Crippen LogP contribution in [-0.4, -0.2) is 27.0 Å². The van der Waals surface area contributed by atoms with E-state index in [1.165, 1.54) is 19.3 Å². The van der Waals surface area contributed by atoms with Gasteiger partial charge in [0.25, 0.3) is 0 Å². The van der Waals surface area contributed by atoms with Crippen LogP contribution in [0.2, 0.25) is 5.28 Å². The smallest absolute Gasteiger partial charge is 0.229 e. The third-order valence-corrected chi connectivity index (χ3v) is 3.48. The molecule has 0 aromatic carbocycles. The molecule has 0 atom stereocenters. The minimum Gasteiger partial charge on any atom is -0.354 e. The Morgan fingerprint density at radius 3 is 2.44 bits per heavy atom. The van der Waals surface area contributed by atoms with Crippen molar-refractivity contribution in [1.82, 2.24) is 15.0 Å². The molecule has 2 N–H and O–H groups in total. The first-order valence-electron chi connectivity index (χ1n) is 6.55. The lowest BCUT2D eigenvalue weighted by molar-refractivity contribution is 0.347. The quantitative estimate of drug-likeness (QED) is 0.879. The summed E-state index contributed by atoms with van der Waals surface area (Å²) >= 11 is 5.91. The molecular weight excluding hydrogens is 250 g/mol. The second-order valence-electron chi connectivity index (χ2n) is 5.03. The van der Waals surface area contributed by atoms with Gasteiger partial charge in [-0.15, -0.1) is 0 Å². The number of hydrogen-bond acceptors (Lipinski definition) is 5. The molecule has 0 unspecified atom stereocenters. The molecule has 0 amide bonds. The Morgan fingerprint density at radius 2 is 1.78 bits per heavy atom. The molecule has 1 aliphatic carbocycles. The fraction of sp³-hybridized carbons (Fsp3) is 0.750. The number of hydrogen-bond donors (Lipinski definition) is 2. The van der Waals surface area contributed by atoms with Crippen LogP contribution in [0.15, 0.2) is 0 Å². The maximum Gasteiger partial charge on any atom is 0.229 e. The summed E-state index contributed by atoms with van der Waals surface area (Å²) < 4.78 is 0. The number of anilines is 2. The standard InChI is InChI=1S/C12H20ClN5/c1-3-14-10-15-9(13)16-11(17-10)18-12(2)7-5-4-6-8-12/h3-8H2,1-2H3,(H2,14,15,16,17,18). The molecular formula is C12H20ClN5. The molecule has 18 heavy (non-hydrogen) atoms. The first-order chi connectivity index (χ1) is 8.61. The van der Waals surface area contributed by atoms with Crippen molar-refractivity contribution in [2.45, 2.75) is 51.5 Å². The van der Waals surface area contributed by atoms with E-state index < -0.39 is 0 Å². The van der Waals surface area contributed by atoms with Crippen LogP contribution in [0.5, 0.6) is 0 Å². The highest BCUT2D eigenvalue weighted by molar-refractivity contribution is 6.28. The van der Waals surface area contributed by atoms with Crippen LogP contribution < -0.4 is 10.6 Å². The Bertz CT molecular complexity index is 403. The first kappa shape index (κ1) is 13.3. The first-order valence-corrected chi connectivity index (χ1v) is 6.93. The monoisotopic (exact) mass is 269 g/mol. The third-order valence-electron chi connectivity index (χ3n) is 3.31. The molecule has 2 rings (SSSR count). The van der Waals surface area contributed by atoms with E-state index in [4.69, 9.17) is 11.6 Å². The third kappa shape index (κ3) is 3.45. The highest BCUT2D eigenvalue weighted by atomic mass is 35.5. The van der Waals surface area contributed by atoms with Gasteiger partial charge >= 0.3 is 0 Å². The fourth-order valence-electron chi connectivity index (χ4n) is 2.37. The van der Waals surface area contributed by atoms with Gasteiger partial charge in [-0.05, 0) is 38.3 Å². The Balaban J connectivity index is 2.12. The van der Waals surface area contributed by atoms with Gasteiger partial charge in [0.15, 0.2) is 0 Å². The van der Waals surface area contributed by atoms with Gasteiger partial charge in [0.2, 0.25) is 17.2 Å². The summed E-state index contributed by atoms with van der Waals surface area (Å²) in [5, 5.41) is 6.69. The summed E-state index contributed by atoms with van der Waals surface area (Å²) in [6.07, 6.45) is 6.11. The average molecular weight is 270 g/mol. The molecule has 100 valence electrons. The van der Waals surface area contributed by atoms with E-state index in [0.29, 0.717) is 11.9 Å². The molecule has 0 spiro atoms. The number of aromatic nitrogens is 3.